The Morgan fingerprint density at radius 2 is 1.81 bits per heavy atom. The fraction of sp³-hybridized carbons (Fsp3) is 0.391. The van der Waals surface area contributed by atoms with Crippen molar-refractivity contribution in [3.63, 3.8) is 0 Å². The number of likely N-dealkylation sites (tertiary alicyclic amines) is 1. The predicted octanol–water partition coefficient (Wildman–Crippen LogP) is 4.52. The van der Waals surface area contributed by atoms with E-state index in [1.54, 1.807) is 17.0 Å². The van der Waals surface area contributed by atoms with Crippen molar-refractivity contribution in [2.45, 2.75) is 50.4 Å². The second kappa shape index (κ2) is 7.72. The number of hydrogen-bond acceptors (Lipinski definition) is 4. The molecular weight excluding hydrogens is 425 g/mol. The van der Waals surface area contributed by atoms with Gasteiger partial charge in [0.2, 0.25) is 11.8 Å². The topological polar surface area (TPSA) is 67.9 Å². The zero-order chi connectivity index (χ0) is 22.5. The van der Waals surface area contributed by atoms with Gasteiger partial charge in [-0.15, -0.1) is 0 Å². The molecule has 1 N–H and O–H groups in total. The van der Waals surface area contributed by atoms with E-state index in [1.165, 1.54) is 12.1 Å². The molecule has 0 radical (unpaired) electrons. The third-order valence-electron chi connectivity index (χ3n) is 5.93. The average molecular weight is 446 g/mol. The number of carbonyl (C=O) groups excluding carboxylic acids is 2. The highest BCUT2D eigenvalue weighted by atomic mass is 19.4. The number of rotatable bonds is 5. The summed E-state index contributed by atoms with van der Waals surface area (Å²) in [6.07, 6.45) is -1.11. The molecule has 32 heavy (non-hydrogen) atoms. The zero-order valence-electron chi connectivity index (χ0n) is 17.1. The van der Waals surface area contributed by atoms with E-state index in [0.717, 1.165) is 30.5 Å². The van der Waals surface area contributed by atoms with Gasteiger partial charge in [0, 0.05) is 30.5 Å². The molecule has 2 aromatic rings. The summed E-state index contributed by atoms with van der Waals surface area (Å²) in [5.74, 6) is 0.919. The van der Waals surface area contributed by atoms with Gasteiger partial charge in [-0.3, -0.25) is 9.59 Å². The van der Waals surface area contributed by atoms with E-state index < -0.39 is 17.8 Å². The van der Waals surface area contributed by atoms with Crippen molar-refractivity contribution in [3.05, 3.63) is 47.5 Å². The van der Waals surface area contributed by atoms with Crippen molar-refractivity contribution in [3.8, 4) is 17.2 Å². The Morgan fingerprint density at radius 1 is 1.06 bits per heavy atom. The number of nitrogens with one attached hydrogen (secondary N) is 1. The molecule has 168 valence electrons. The fourth-order valence-electron chi connectivity index (χ4n) is 4.27. The number of benzene rings is 2. The molecule has 0 aromatic heterocycles. The maximum atomic E-state index is 13.0. The first-order valence-electron chi connectivity index (χ1n) is 10.6. The van der Waals surface area contributed by atoms with Crippen LogP contribution < -0.4 is 14.8 Å². The van der Waals surface area contributed by atoms with E-state index >= 15 is 0 Å². The van der Waals surface area contributed by atoms with Crippen LogP contribution in [0.25, 0.3) is 0 Å². The zero-order valence-corrected chi connectivity index (χ0v) is 17.1. The Morgan fingerprint density at radius 3 is 2.50 bits per heavy atom. The minimum absolute atomic E-state index is 0.00789. The van der Waals surface area contributed by atoms with Gasteiger partial charge in [0.15, 0.2) is 0 Å². The van der Waals surface area contributed by atoms with Crippen LogP contribution in [0.3, 0.4) is 0 Å². The smallest absolute Gasteiger partial charge is 0.416 e. The predicted molar refractivity (Wildman–Crippen MR) is 109 cm³/mol. The second-order valence-corrected chi connectivity index (χ2v) is 8.26. The van der Waals surface area contributed by atoms with E-state index in [0.29, 0.717) is 43.1 Å². The minimum Gasteiger partial charge on any atom is -0.491 e. The summed E-state index contributed by atoms with van der Waals surface area (Å²) >= 11 is 0. The molecule has 2 heterocycles. The number of amides is 2. The largest absolute Gasteiger partial charge is 0.491 e. The molecule has 6 nitrogen and oxygen atoms in total. The molecule has 2 amide bonds. The van der Waals surface area contributed by atoms with E-state index in [4.69, 9.17) is 9.47 Å². The van der Waals surface area contributed by atoms with Crippen molar-refractivity contribution < 1.29 is 32.2 Å². The Labute approximate surface area is 182 Å². The molecule has 0 spiro atoms. The van der Waals surface area contributed by atoms with E-state index in [1.807, 2.05) is 0 Å². The Kier molecular flexibility index (Phi) is 4.98. The first-order chi connectivity index (χ1) is 15.3. The number of halogens is 3. The van der Waals surface area contributed by atoms with Crippen molar-refractivity contribution >= 4 is 17.5 Å². The summed E-state index contributed by atoms with van der Waals surface area (Å²) < 4.78 is 49.8. The second-order valence-electron chi connectivity index (χ2n) is 8.26. The SMILES string of the molecule is O=C(Nc1cc(Oc2ccc(C(F)(F)F)cc2)cc2c1OCC2)C1CCC(=O)N1C1CC1. The van der Waals surface area contributed by atoms with Crippen LogP contribution in [-0.4, -0.2) is 35.4 Å². The molecule has 2 fully saturated rings. The highest BCUT2D eigenvalue weighted by molar-refractivity contribution is 6.00. The molecule has 2 aromatic carbocycles. The number of ether oxygens (including phenoxy) is 2. The monoisotopic (exact) mass is 446 g/mol. The van der Waals surface area contributed by atoms with Crippen LogP contribution >= 0.6 is 0 Å². The van der Waals surface area contributed by atoms with Gasteiger partial charge in [0.1, 0.15) is 23.3 Å². The van der Waals surface area contributed by atoms with Gasteiger partial charge in [0.05, 0.1) is 17.9 Å². The lowest BCUT2D eigenvalue weighted by atomic mass is 10.1. The molecule has 1 saturated heterocycles. The number of alkyl halides is 3. The van der Waals surface area contributed by atoms with Crippen molar-refractivity contribution in [2.75, 3.05) is 11.9 Å². The summed E-state index contributed by atoms with van der Waals surface area (Å²) in [5, 5.41) is 2.89. The summed E-state index contributed by atoms with van der Waals surface area (Å²) in [5.41, 5.74) is 0.514. The van der Waals surface area contributed by atoms with Gasteiger partial charge in [-0.2, -0.15) is 13.2 Å². The maximum absolute atomic E-state index is 13.0. The van der Waals surface area contributed by atoms with Crippen LogP contribution in [0.1, 0.15) is 36.8 Å². The third-order valence-corrected chi connectivity index (χ3v) is 5.93. The molecule has 3 aliphatic rings. The number of nitrogens with zero attached hydrogens (tertiary/aromatic N) is 1. The summed E-state index contributed by atoms with van der Waals surface area (Å²) in [6, 6.07) is 7.41. The first kappa shape index (κ1) is 20.7. The van der Waals surface area contributed by atoms with Crippen molar-refractivity contribution in [1.29, 1.82) is 0 Å². The van der Waals surface area contributed by atoms with Crippen LogP contribution in [0, 0.1) is 0 Å². The van der Waals surface area contributed by atoms with Crippen LogP contribution in [-0.2, 0) is 22.2 Å². The highest BCUT2D eigenvalue weighted by Gasteiger charge is 2.44. The van der Waals surface area contributed by atoms with E-state index in [2.05, 4.69) is 5.32 Å². The average Bonchev–Trinajstić information content (AvgIpc) is 3.32. The first-order valence-corrected chi connectivity index (χ1v) is 10.6. The van der Waals surface area contributed by atoms with Gasteiger partial charge in [-0.05, 0) is 49.6 Å². The fourth-order valence-corrected chi connectivity index (χ4v) is 4.27. The molecular formula is C23H21F3N2O4. The molecule has 1 atom stereocenters. The number of hydrogen-bond donors (Lipinski definition) is 1. The van der Waals surface area contributed by atoms with Crippen LogP contribution in [0.15, 0.2) is 36.4 Å². The summed E-state index contributed by atoms with van der Waals surface area (Å²) in [4.78, 5) is 26.9. The van der Waals surface area contributed by atoms with Crippen molar-refractivity contribution in [1.82, 2.24) is 4.90 Å². The van der Waals surface area contributed by atoms with Crippen LogP contribution in [0.2, 0.25) is 0 Å². The lowest BCUT2D eigenvalue weighted by Crippen LogP contribution is -2.42. The highest BCUT2D eigenvalue weighted by Crippen LogP contribution is 2.40. The lowest BCUT2D eigenvalue weighted by Gasteiger charge is -2.24. The molecule has 9 heteroatoms. The Hall–Kier alpha value is -3.23. The molecule has 1 unspecified atom stereocenters. The van der Waals surface area contributed by atoms with Gasteiger partial charge in [-0.1, -0.05) is 0 Å². The summed E-state index contributed by atoms with van der Waals surface area (Å²) in [6.45, 7) is 0.456. The molecule has 1 saturated carbocycles. The normalized spacial score (nSPS) is 20.2. The van der Waals surface area contributed by atoms with E-state index in [-0.39, 0.29) is 23.6 Å². The third kappa shape index (κ3) is 3.99. The maximum Gasteiger partial charge on any atom is 0.416 e. The van der Waals surface area contributed by atoms with Crippen molar-refractivity contribution in [2.24, 2.45) is 0 Å². The molecule has 5 rings (SSSR count). The number of carbonyl (C=O) groups is 2. The molecule has 2 aliphatic heterocycles. The van der Waals surface area contributed by atoms with Gasteiger partial charge in [0.25, 0.3) is 0 Å². The number of fused-ring (bicyclic) bond motifs is 1. The Bertz CT molecular complexity index is 1060. The van der Waals surface area contributed by atoms with E-state index in [9.17, 15) is 22.8 Å². The van der Waals surface area contributed by atoms with Gasteiger partial charge < -0.3 is 19.7 Å². The molecule has 0 bridgehead atoms. The molecule has 1 aliphatic carbocycles. The van der Waals surface area contributed by atoms with Gasteiger partial charge >= 0.3 is 6.18 Å². The Balaban J connectivity index is 1.36. The van der Waals surface area contributed by atoms with Gasteiger partial charge in [-0.25, -0.2) is 0 Å². The quantitative estimate of drug-likeness (QED) is 0.733. The number of anilines is 1. The lowest BCUT2D eigenvalue weighted by molar-refractivity contribution is -0.137. The minimum atomic E-state index is -4.42. The van der Waals surface area contributed by atoms with Crippen LogP contribution in [0.5, 0.6) is 17.2 Å². The standard InChI is InChI=1S/C23H21F3N2O4/c24-23(25,26)14-1-5-16(6-2-14)32-17-11-13-9-10-31-21(13)18(12-17)27-22(30)19-7-8-20(29)28(19)15-3-4-15/h1-2,5-6,11-12,15,19H,3-4,7-10H2,(H,27,30). The summed E-state index contributed by atoms with van der Waals surface area (Å²) in [7, 11) is 0. The van der Waals surface area contributed by atoms with Crippen LogP contribution in [0.4, 0.5) is 18.9 Å².